The molecule has 0 spiro atoms. The Labute approximate surface area is 103 Å². The van der Waals surface area contributed by atoms with E-state index in [1.54, 1.807) is 7.11 Å². The van der Waals surface area contributed by atoms with Crippen molar-refractivity contribution >= 4 is 5.91 Å². The molecule has 5 nitrogen and oxygen atoms in total. The highest BCUT2D eigenvalue weighted by atomic mass is 16.5. The van der Waals surface area contributed by atoms with E-state index in [0.717, 1.165) is 6.42 Å². The molecule has 1 heterocycles. The van der Waals surface area contributed by atoms with Gasteiger partial charge in [-0.3, -0.25) is 4.79 Å². The van der Waals surface area contributed by atoms with Gasteiger partial charge in [0.2, 0.25) is 5.91 Å². The number of methoxy groups -OCH3 is 1. The molecule has 1 rings (SSSR count). The van der Waals surface area contributed by atoms with E-state index in [0.29, 0.717) is 26.1 Å². The highest BCUT2D eigenvalue weighted by Crippen LogP contribution is 2.16. The molecule has 0 aromatic rings. The van der Waals surface area contributed by atoms with Gasteiger partial charge < -0.3 is 20.1 Å². The van der Waals surface area contributed by atoms with E-state index in [2.05, 4.69) is 6.92 Å². The van der Waals surface area contributed by atoms with Crippen LogP contribution in [0.2, 0.25) is 0 Å². The van der Waals surface area contributed by atoms with Gasteiger partial charge in [-0.2, -0.15) is 0 Å². The molecule has 0 bridgehead atoms. The van der Waals surface area contributed by atoms with Crippen LogP contribution in [-0.2, 0) is 14.3 Å². The lowest BCUT2D eigenvalue weighted by Gasteiger charge is -2.38. The van der Waals surface area contributed by atoms with Gasteiger partial charge in [0.05, 0.1) is 31.3 Å². The van der Waals surface area contributed by atoms with Crippen molar-refractivity contribution in [1.29, 1.82) is 0 Å². The van der Waals surface area contributed by atoms with Crippen LogP contribution in [0.5, 0.6) is 0 Å². The van der Waals surface area contributed by atoms with Crippen molar-refractivity contribution in [1.82, 2.24) is 4.90 Å². The molecular weight excluding hydrogens is 220 g/mol. The summed E-state index contributed by atoms with van der Waals surface area (Å²) >= 11 is 0. The fraction of sp³-hybridized carbons (Fsp3) is 0.917. The molecule has 1 saturated heterocycles. The lowest BCUT2D eigenvalue weighted by atomic mass is 10.1. The maximum Gasteiger partial charge on any atom is 0.225 e. The summed E-state index contributed by atoms with van der Waals surface area (Å²) < 4.78 is 10.7. The summed E-state index contributed by atoms with van der Waals surface area (Å²) in [5.41, 5.74) is 5.54. The minimum atomic E-state index is -0.182. The first-order chi connectivity index (χ1) is 8.12. The molecule has 3 unspecified atom stereocenters. The maximum absolute atomic E-state index is 12.2. The quantitative estimate of drug-likeness (QED) is 0.759. The molecule has 1 fully saturated rings. The number of amides is 1. The Bertz CT molecular complexity index is 244. The van der Waals surface area contributed by atoms with Crippen molar-refractivity contribution in [3.8, 4) is 0 Å². The molecule has 3 atom stereocenters. The van der Waals surface area contributed by atoms with Gasteiger partial charge in [-0.1, -0.05) is 6.92 Å². The number of morpholine rings is 1. The first-order valence-corrected chi connectivity index (χ1v) is 6.26. The van der Waals surface area contributed by atoms with E-state index >= 15 is 0 Å². The summed E-state index contributed by atoms with van der Waals surface area (Å²) in [6.45, 7) is 5.73. The van der Waals surface area contributed by atoms with Gasteiger partial charge in [0, 0.05) is 20.2 Å². The van der Waals surface area contributed by atoms with Crippen molar-refractivity contribution in [3.63, 3.8) is 0 Å². The Balaban J connectivity index is 2.57. The third-order valence-electron chi connectivity index (χ3n) is 3.26. The highest BCUT2D eigenvalue weighted by Gasteiger charge is 2.30. The molecule has 17 heavy (non-hydrogen) atoms. The predicted molar refractivity (Wildman–Crippen MR) is 65.7 cm³/mol. The lowest BCUT2D eigenvalue weighted by molar-refractivity contribution is -0.146. The van der Waals surface area contributed by atoms with Gasteiger partial charge in [0.15, 0.2) is 0 Å². The molecule has 1 aliphatic rings. The maximum atomic E-state index is 12.2. The van der Waals surface area contributed by atoms with Crippen molar-refractivity contribution in [3.05, 3.63) is 0 Å². The third kappa shape index (κ3) is 3.94. The van der Waals surface area contributed by atoms with Crippen LogP contribution in [-0.4, -0.2) is 55.9 Å². The molecule has 100 valence electrons. The van der Waals surface area contributed by atoms with Crippen LogP contribution in [0.15, 0.2) is 0 Å². The Hall–Kier alpha value is -0.650. The topological polar surface area (TPSA) is 64.8 Å². The van der Waals surface area contributed by atoms with E-state index in [1.165, 1.54) is 0 Å². The average molecular weight is 244 g/mol. The summed E-state index contributed by atoms with van der Waals surface area (Å²) in [6, 6.07) is 0.189. The minimum absolute atomic E-state index is 0.112. The highest BCUT2D eigenvalue weighted by molar-refractivity contribution is 5.77. The van der Waals surface area contributed by atoms with Crippen LogP contribution >= 0.6 is 0 Å². The lowest BCUT2D eigenvalue weighted by Crippen LogP contribution is -2.52. The summed E-state index contributed by atoms with van der Waals surface area (Å²) in [5, 5.41) is 0. The van der Waals surface area contributed by atoms with Gasteiger partial charge in [-0.05, 0) is 13.3 Å². The summed E-state index contributed by atoms with van der Waals surface area (Å²) in [4.78, 5) is 14.1. The van der Waals surface area contributed by atoms with Crippen LogP contribution in [0.3, 0.4) is 0 Å². The van der Waals surface area contributed by atoms with E-state index in [4.69, 9.17) is 15.2 Å². The Morgan fingerprint density at radius 1 is 1.65 bits per heavy atom. The first kappa shape index (κ1) is 14.4. The largest absolute Gasteiger partial charge is 0.380 e. The van der Waals surface area contributed by atoms with Gasteiger partial charge >= 0.3 is 0 Å². The standard InChI is InChI=1S/C12H24N2O3/c1-4-10-8-17-9(2)7-14(10)12(15)5-11(6-13)16-3/h9-11H,4-8,13H2,1-3H3. The molecule has 0 aliphatic carbocycles. The molecule has 0 radical (unpaired) electrons. The number of carbonyl (C=O) groups excluding carboxylic acids is 1. The van der Waals surface area contributed by atoms with Gasteiger partial charge in [0.1, 0.15) is 0 Å². The number of rotatable bonds is 5. The molecule has 1 aliphatic heterocycles. The summed E-state index contributed by atoms with van der Waals surface area (Å²) in [5.74, 6) is 0.115. The van der Waals surface area contributed by atoms with Crippen LogP contribution in [0, 0.1) is 0 Å². The van der Waals surface area contributed by atoms with Crippen LogP contribution in [0.1, 0.15) is 26.7 Å². The van der Waals surface area contributed by atoms with Crippen LogP contribution in [0.25, 0.3) is 0 Å². The number of hydrogen-bond acceptors (Lipinski definition) is 4. The average Bonchev–Trinajstić information content (AvgIpc) is 2.35. The second-order valence-corrected chi connectivity index (χ2v) is 4.55. The normalized spacial score (nSPS) is 26.9. The Kier molecular flexibility index (Phi) is 5.88. The molecule has 0 saturated carbocycles. The van der Waals surface area contributed by atoms with E-state index in [1.807, 2.05) is 11.8 Å². The fourth-order valence-electron chi connectivity index (χ4n) is 2.06. The van der Waals surface area contributed by atoms with Crippen LogP contribution in [0.4, 0.5) is 0 Å². The molecule has 0 aromatic carbocycles. The van der Waals surface area contributed by atoms with Crippen molar-refractivity contribution in [2.45, 2.75) is 44.9 Å². The van der Waals surface area contributed by atoms with Crippen molar-refractivity contribution in [2.24, 2.45) is 5.73 Å². The van der Waals surface area contributed by atoms with Gasteiger partial charge in [-0.15, -0.1) is 0 Å². The minimum Gasteiger partial charge on any atom is -0.380 e. The monoisotopic (exact) mass is 244 g/mol. The van der Waals surface area contributed by atoms with E-state index in [9.17, 15) is 4.79 Å². The van der Waals surface area contributed by atoms with Crippen molar-refractivity contribution < 1.29 is 14.3 Å². The molecule has 2 N–H and O–H groups in total. The smallest absolute Gasteiger partial charge is 0.225 e. The number of carbonyl (C=O) groups is 1. The zero-order chi connectivity index (χ0) is 12.8. The van der Waals surface area contributed by atoms with Crippen LogP contribution < -0.4 is 5.73 Å². The van der Waals surface area contributed by atoms with Gasteiger partial charge in [-0.25, -0.2) is 0 Å². The number of nitrogens with zero attached hydrogens (tertiary/aromatic N) is 1. The molecule has 0 aromatic heterocycles. The predicted octanol–water partition coefficient (Wildman–Crippen LogP) is 0.376. The number of hydrogen-bond donors (Lipinski definition) is 1. The Morgan fingerprint density at radius 3 is 2.88 bits per heavy atom. The zero-order valence-corrected chi connectivity index (χ0v) is 11.0. The van der Waals surface area contributed by atoms with E-state index < -0.39 is 0 Å². The zero-order valence-electron chi connectivity index (χ0n) is 11.0. The third-order valence-corrected chi connectivity index (χ3v) is 3.26. The first-order valence-electron chi connectivity index (χ1n) is 6.26. The second-order valence-electron chi connectivity index (χ2n) is 4.55. The number of ether oxygens (including phenoxy) is 2. The SMILES string of the molecule is CCC1COC(C)CN1C(=O)CC(CN)OC. The van der Waals surface area contributed by atoms with Crippen molar-refractivity contribution in [2.75, 3.05) is 26.8 Å². The Morgan fingerprint density at radius 2 is 2.35 bits per heavy atom. The fourth-order valence-corrected chi connectivity index (χ4v) is 2.06. The van der Waals surface area contributed by atoms with E-state index in [-0.39, 0.29) is 24.2 Å². The molecule has 1 amide bonds. The summed E-state index contributed by atoms with van der Waals surface area (Å²) in [7, 11) is 1.59. The molecule has 5 heteroatoms. The second kappa shape index (κ2) is 6.93. The molecular formula is C12H24N2O3. The number of nitrogens with two attached hydrogens (primary N) is 1. The summed E-state index contributed by atoms with van der Waals surface area (Å²) in [6.07, 6.45) is 1.20. The van der Waals surface area contributed by atoms with Gasteiger partial charge in [0.25, 0.3) is 0 Å².